The van der Waals surface area contributed by atoms with E-state index in [1.807, 2.05) is 0 Å². The third-order valence-corrected chi connectivity index (χ3v) is 4.33. The van der Waals surface area contributed by atoms with Gasteiger partial charge < -0.3 is 0 Å². The van der Waals surface area contributed by atoms with Gasteiger partial charge >= 0.3 is 18.4 Å². The van der Waals surface area contributed by atoms with Crippen molar-refractivity contribution in [3.05, 3.63) is 24.3 Å². The van der Waals surface area contributed by atoms with Crippen molar-refractivity contribution in [1.82, 2.24) is 0 Å². The molecule has 0 bridgehead atoms. The molecule has 0 aromatic heterocycles. The van der Waals surface area contributed by atoms with Crippen LogP contribution in [0.5, 0.6) is 0 Å². The van der Waals surface area contributed by atoms with Crippen LogP contribution in [0.15, 0.2) is 34.1 Å². The fraction of sp³-hybridized carbons (Fsp3) is 0.250. The summed E-state index contributed by atoms with van der Waals surface area (Å²) in [6, 6.07) is 6.23. The van der Waals surface area contributed by atoms with Crippen molar-refractivity contribution in [1.29, 1.82) is 0 Å². The summed E-state index contributed by atoms with van der Waals surface area (Å²) >= 11 is 1.24. The Balaban J connectivity index is 2.93. The zero-order valence-electron chi connectivity index (χ0n) is 9.02. The van der Waals surface area contributed by atoms with Gasteiger partial charge in [0.15, 0.2) is 0 Å². The molecule has 0 heterocycles. The van der Waals surface area contributed by atoms with E-state index in [4.69, 9.17) is 0 Å². The molecular formula is C8H10O6PS2+. The topological polar surface area (TPSA) is 78.9 Å². The first-order valence-electron chi connectivity index (χ1n) is 4.27. The molecule has 0 fully saturated rings. The van der Waals surface area contributed by atoms with E-state index in [1.165, 1.54) is 17.8 Å². The van der Waals surface area contributed by atoms with Crippen LogP contribution in [0, 0.1) is 0 Å². The molecule has 17 heavy (non-hydrogen) atoms. The fourth-order valence-corrected chi connectivity index (χ4v) is 3.21. The maximum absolute atomic E-state index is 11.7. The summed E-state index contributed by atoms with van der Waals surface area (Å²) in [6.07, 6.45) is 1.73. The van der Waals surface area contributed by atoms with Gasteiger partial charge in [0, 0.05) is 9.46 Å². The van der Waals surface area contributed by atoms with Gasteiger partial charge in [0.2, 0.25) is 0 Å². The molecule has 0 aliphatic heterocycles. The van der Waals surface area contributed by atoms with Gasteiger partial charge in [-0.25, -0.2) is 0 Å². The van der Waals surface area contributed by atoms with E-state index in [0.717, 1.165) is 7.11 Å². The third-order valence-electron chi connectivity index (χ3n) is 1.67. The van der Waals surface area contributed by atoms with Crippen LogP contribution in [-0.4, -0.2) is 21.8 Å². The number of benzene rings is 1. The van der Waals surface area contributed by atoms with Gasteiger partial charge in [0.25, 0.3) is 0 Å². The van der Waals surface area contributed by atoms with E-state index >= 15 is 0 Å². The number of hydrogen-bond donors (Lipinski definition) is 0. The van der Waals surface area contributed by atoms with E-state index in [-0.39, 0.29) is 4.90 Å². The van der Waals surface area contributed by atoms with Crippen LogP contribution in [0.2, 0.25) is 0 Å². The fourth-order valence-electron chi connectivity index (χ4n) is 0.957. The monoisotopic (exact) mass is 297 g/mol. The quantitative estimate of drug-likeness (QED) is 0.345. The third kappa shape index (κ3) is 4.02. The lowest BCUT2D eigenvalue weighted by Gasteiger charge is -2.04. The molecule has 1 rings (SSSR count). The first kappa shape index (κ1) is 14.6. The highest BCUT2D eigenvalue weighted by atomic mass is 32.2. The molecule has 1 unspecified atom stereocenters. The van der Waals surface area contributed by atoms with Crippen molar-refractivity contribution >= 4 is 30.1 Å². The molecular weight excluding hydrogens is 287 g/mol. The van der Waals surface area contributed by atoms with Gasteiger partial charge in [-0.1, -0.05) is 16.5 Å². The van der Waals surface area contributed by atoms with Crippen LogP contribution in [0.4, 0.5) is 0 Å². The van der Waals surface area contributed by atoms with E-state index in [2.05, 4.69) is 13.5 Å². The Morgan fingerprint density at radius 3 is 2.53 bits per heavy atom. The predicted molar refractivity (Wildman–Crippen MR) is 62.2 cm³/mol. The van der Waals surface area contributed by atoms with Crippen LogP contribution in [0.3, 0.4) is 0 Å². The van der Waals surface area contributed by atoms with Crippen LogP contribution in [-0.2, 0) is 28.2 Å². The number of hydrogen-bond acceptors (Lipinski definition) is 7. The molecule has 0 aliphatic carbocycles. The number of rotatable bonds is 6. The summed E-state index contributed by atoms with van der Waals surface area (Å²) in [6.45, 7) is 0. The molecule has 94 valence electrons. The maximum atomic E-state index is 11.7. The van der Waals surface area contributed by atoms with Crippen LogP contribution < -0.4 is 0 Å². The highest BCUT2D eigenvalue weighted by molar-refractivity contribution is 7.99. The SMILES string of the molecule is CO[P+](=O)OOS(=O)(=O)c1ccccc1SC. The van der Waals surface area contributed by atoms with Gasteiger partial charge in [-0.15, -0.1) is 16.3 Å². The Labute approximate surface area is 104 Å². The molecule has 0 N–H and O–H groups in total. The summed E-state index contributed by atoms with van der Waals surface area (Å²) in [5.74, 6) is 0. The minimum absolute atomic E-state index is 0.0491. The molecule has 1 aromatic rings. The van der Waals surface area contributed by atoms with Gasteiger partial charge in [-0.3, -0.25) is 0 Å². The largest absolute Gasteiger partial charge is 0.729 e. The molecule has 0 radical (unpaired) electrons. The Morgan fingerprint density at radius 1 is 1.29 bits per heavy atom. The van der Waals surface area contributed by atoms with Crippen molar-refractivity contribution in [3.63, 3.8) is 0 Å². The lowest BCUT2D eigenvalue weighted by atomic mass is 10.4. The zero-order valence-corrected chi connectivity index (χ0v) is 11.6. The second-order valence-corrected chi connectivity index (χ2v) is 5.95. The van der Waals surface area contributed by atoms with Crippen LogP contribution in [0.25, 0.3) is 0 Å². The second kappa shape index (κ2) is 6.44. The molecule has 6 nitrogen and oxygen atoms in total. The maximum Gasteiger partial charge on any atom is 0.729 e. The Kier molecular flexibility index (Phi) is 5.51. The lowest BCUT2D eigenvalue weighted by Crippen LogP contribution is -2.06. The minimum Gasteiger partial charge on any atom is -0.191 e. The van der Waals surface area contributed by atoms with E-state index in [0.29, 0.717) is 4.90 Å². The van der Waals surface area contributed by atoms with Gasteiger partial charge in [-0.2, -0.15) is 8.42 Å². The number of thioether (sulfide) groups is 1. The molecule has 1 aromatic carbocycles. The Morgan fingerprint density at radius 2 is 1.94 bits per heavy atom. The Bertz CT molecular complexity index is 500. The predicted octanol–water partition coefficient (Wildman–Crippen LogP) is 2.35. The van der Waals surface area contributed by atoms with Crippen molar-refractivity contribution in [2.24, 2.45) is 0 Å². The molecule has 0 saturated carbocycles. The normalized spacial score (nSPS) is 12.5. The standard InChI is InChI=1S/C8H10O6PS2/c1-12-15(9)13-14-17(10,11)8-6-4-3-5-7(8)16-2/h3-6H,1-2H3/q+1. The molecule has 9 heteroatoms. The van der Waals surface area contributed by atoms with Gasteiger partial charge in [-0.05, 0) is 18.4 Å². The lowest BCUT2D eigenvalue weighted by molar-refractivity contribution is -0.0963. The first-order chi connectivity index (χ1) is 8.01. The molecule has 1 atom stereocenters. The first-order valence-corrected chi connectivity index (χ1v) is 7.99. The van der Waals surface area contributed by atoms with Crippen molar-refractivity contribution in [3.8, 4) is 0 Å². The second-order valence-electron chi connectivity index (χ2n) is 2.65. The summed E-state index contributed by atoms with van der Waals surface area (Å²) in [5.41, 5.74) is 0. The molecule has 0 aliphatic rings. The molecule has 0 amide bonds. The average Bonchev–Trinajstić information content (AvgIpc) is 2.35. The zero-order chi connectivity index (χ0) is 12.9. The van der Waals surface area contributed by atoms with Crippen molar-refractivity contribution in [2.45, 2.75) is 9.79 Å². The summed E-state index contributed by atoms with van der Waals surface area (Å²) in [7, 11) is -5.62. The molecule has 0 saturated heterocycles. The van der Waals surface area contributed by atoms with Gasteiger partial charge in [0.05, 0.1) is 11.8 Å². The summed E-state index contributed by atoms with van der Waals surface area (Å²) in [4.78, 5) is 0.454. The summed E-state index contributed by atoms with van der Waals surface area (Å²) < 4.78 is 46.6. The summed E-state index contributed by atoms with van der Waals surface area (Å²) in [5, 5.41) is 0. The van der Waals surface area contributed by atoms with Crippen molar-refractivity contribution < 1.29 is 26.5 Å². The van der Waals surface area contributed by atoms with Gasteiger partial charge in [0.1, 0.15) is 4.90 Å². The van der Waals surface area contributed by atoms with Crippen molar-refractivity contribution in [2.75, 3.05) is 13.4 Å². The van der Waals surface area contributed by atoms with E-state index < -0.39 is 18.4 Å². The highest BCUT2D eigenvalue weighted by Crippen LogP contribution is 2.29. The smallest absolute Gasteiger partial charge is 0.191 e. The van der Waals surface area contributed by atoms with E-state index in [9.17, 15) is 13.0 Å². The Hall–Kier alpha value is -0.500. The van der Waals surface area contributed by atoms with Crippen LogP contribution in [0.1, 0.15) is 0 Å². The minimum atomic E-state index is -4.12. The van der Waals surface area contributed by atoms with Crippen LogP contribution >= 0.6 is 20.0 Å². The van der Waals surface area contributed by atoms with E-state index in [1.54, 1.807) is 24.5 Å². The average molecular weight is 297 g/mol. The highest BCUT2D eigenvalue weighted by Gasteiger charge is 2.28. The molecule has 0 spiro atoms.